The largest absolute Gasteiger partial charge is 0.355 e. The number of carbonyl (C=O) groups excluding carboxylic acids is 1. The van der Waals surface area contributed by atoms with E-state index in [1.165, 1.54) is 34.6 Å². The first-order valence-electron chi connectivity index (χ1n) is 7.21. The summed E-state index contributed by atoms with van der Waals surface area (Å²) < 4.78 is 28.5. The molecule has 1 amide bonds. The predicted molar refractivity (Wildman–Crippen MR) is 81.1 cm³/mol. The topological polar surface area (TPSA) is 113 Å². The van der Waals surface area contributed by atoms with E-state index < -0.39 is 16.1 Å². The zero-order valence-electron chi connectivity index (χ0n) is 12.9. The van der Waals surface area contributed by atoms with E-state index in [4.69, 9.17) is 0 Å². The number of H-pyrrole nitrogens is 1. The standard InChI is InChI=1S/C13H18N6O3S/c1-14-13(20)10-7-15-17-12(10)11-4-3-5-19(11)23(21,22)9-6-16-18(2)8-9/h6-8,11H,3-5H2,1-2H3,(H,14,20)(H,15,17)/t11-/m1/s1. The van der Waals surface area contributed by atoms with Crippen LogP contribution in [0.3, 0.4) is 0 Å². The van der Waals surface area contributed by atoms with Crippen LogP contribution in [-0.2, 0) is 17.1 Å². The van der Waals surface area contributed by atoms with Crippen LogP contribution in [0.4, 0.5) is 0 Å². The van der Waals surface area contributed by atoms with E-state index in [2.05, 4.69) is 20.6 Å². The summed E-state index contributed by atoms with van der Waals surface area (Å²) in [5.74, 6) is -0.292. The smallest absolute Gasteiger partial charge is 0.254 e. The molecule has 9 nitrogen and oxygen atoms in total. The van der Waals surface area contributed by atoms with Crippen molar-refractivity contribution in [2.24, 2.45) is 7.05 Å². The molecular weight excluding hydrogens is 320 g/mol. The second kappa shape index (κ2) is 5.78. The van der Waals surface area contributed by atoms with E-state index in [0.29, 0.717) is 24.2 Å². The summed E-state index contributed by atoms with van der Waals surface area (Å²) in [5.41, 5.74) is 0.889. The van der Waals surface area contributed by atoms with Gasteiger partial charge in [-0.3, -0.25) is 14.6 Å². The average molecular weight is 338 g/mol. The Balaban J connectivity index is 1.98. The molecule has 0 bridgehead atoms. The number of rotatable bonds is 4. The van der Waals surface area contributed by atoms with E-state index in [1.54, 1.807) is 7.05 Å². The van der Waals surface area contributed by atoms with Crippen molar-refractivity contribution < 1.29 is 13.2 Å². The van der Waals surface area contributed by atoms with Gasteiger partial charge in [0.25, 0.3) is 5.91 Å². The van der Waals surface area contributed by atoms with Crippen LogP contribution >= 0.6 is 0 Å². The molecule has 2 aromatic heterocycles. The van der Waals surface area contributed by atoms with Crippen molar-refractivity contribution >= 4 is 15.9 Å². The van der Waals surface area contributed by atoms with E-state index in [9.17, 15) is 13.2 Å². The zero-order valence-corrected chi connectivity index (χ0v) is 13.7. The van der Waals surface area contributed by atoms with Crippen LogP contribution in [0.15, 0.2) is 23.5 Å². The van der Waals surface area contributed by atoms with Crippen LogP contribution in [0.1, 0.15) is 34.9 Å². The molecular formula is C13H18N6O3S. The fourth-order valence-corrected chi connectivity index (χ4v) is 4.50. The molecule has 1 saturated heterocycles. The van der Waals surface area contributed by atoms with Gasteiger partial charge in [-0.1, -0.05) is 0 Å². The van der Waals surface area contributed by atoms with Crippen molar-refractivity contribution in [3.8, 4) is 0 Å². The van der Waals surface area contributed by atoms with Gasteiger partial charge in [-0.25, -0.2) is 8.42 Å². The van der Waals surface area contributed by atoms with Crippen LogP contribution in [0, 0.1) is 0 Å². The first kappa shape index (κ1) is 15.7. The normalized spacial score (nSPS) is 19.1. The summed E-state index contributed by atoms with van der Waals surface area (Å²) in [6, 6.07) is -0.435. The van der Waals surface area contributed by atoms with Crippen molar-refractivity contribution in [2.75, 3.05) is 13.6 Å². The van der Waals surface area contributed by atoms with Crippen molar-refractivity contribution in [2.45, 2.75) is 23.8 Å². The molecule has 0 aromatic carbocycles. The number of carbonyl (C=O) groups is 1. The summed E-state index contributed by atoms with van der Waals surface area (Å²) in [6.07, 6.45) is 5.57. The molecule has 0 radical (unpaired) electrons. The summed E-state index contributed by atoms with van der Waals surface area (Å²) in [4.78, 5) is 12.1. The first-order chi connectivity index (χ1) is 10.9. The maximum absolute atomic E-state index is 12.8. The quantitative estimate of drug-likeness (QED) is 0.816. The van der Waals surface area contributed by atoms with Crippen LogP contribution in [0.2, 0.25) is 0 Å². The number of nitrogens with one attached hydrogen (secondary N) is 2. The second-order valence-electron chi connectivity index (χ2n) is 5.40. The van der Waals surface area contributed by atoms with E-state index in [0.717, 1.165) is 6.42 Å². The van der Waals surface area contributed by atoms with E-state index >= 15 is 0 Å². The number of sulfonamides is 1. The second-order valence-corrected chi connectivity index (χ2v) is 7.29. The SMILES string of the molecule is CNC(=O)c1cn[nH]c1[C@H]1CCCN1S(=O)(=O)c1cnn(C)c1. The lowest BCUT2D eigenvalue weighted by molar-refractivity contribution is 0.0961. The number of aromatic nitrogens is 4. The number of amides is 1. The lowest BCUT2D eigenvalue weighted by Gasteiger charge is -2.23. The average Bonchev–Trinajstić information content (AvgIpc) is 3.24. The summed E-state index contributed by atoms with van der Waals surface area (Å²) in [5, 5.41) is 13.2. The summed E-state index contributed by atoms with van der Waals surface area (Å²) in [6.45, 7) is 0.397. The minimum absolute atomic E-state index is 0.146. The third-order valence-electron chi connectivity index (χ3n) is 3.97. The maximum Gasteiger partial charge on any atom is 0.254 e. The van der Waals surface area contributed by atoms with Gasteiger partial charge in [0.15, 0.2) is 0 Å². The van der Waals surface area contributed by atoms with E-state index in [1.807, 2.05) is 0 Å². The Morgan fingerprint density at radius 1 is 1.43 bits per heavy atom. The summed E-state index contributed by atoms with van der Waals surface area (Å²) in [7, 11) is -0.480. The Hall–Kier alpha value is -2.20. The number of aryl methyl sites for hydroxylation is 1. The van der Waals surface area contributed by atoms with Crippen molar-refractivity contribution in [3.05, 3.63) is 29.8 Å². The molecule has 2 N–H and O–H groups in total. The van der Waals surface area contributed by atoms with Crippen LogP contribution in [0.5, 0.6) is 0 Å². The van der Waals surface area contributed by atoms with Crippen LogP contribution in [0.25, 0.3) is 0 Å². The molecule has 1 aliphatic heterocycles. The van der Waals surface area contributed by atoms with Crippen LogP contribution < -0.4 is 5.32 Å². The Kier molecular flexibility index (Phi) is 3.94. The monoisotopic (exact) mass is 338 g/mol. The highest BCUT2D eigenvalue weighted by molar-refractivity contribution is 7.89. The number of hydrogen-bond acceptors (Lipinski definition) is 5. The molecule has 1 atom stereocenters. The molecule has 1 fully saturated rings. The fourth-order valence-electron chi connectivity index (χ4n) is 2.85. The lowest BCUT2D eigenvalue weighted by Crippen LogP contribution is -2.32. The minimum Gasteiger partial charge on any atom is -0.355 e. The van der Waals surface area contributed by atoms with Gasteiger partial charge in [-0.05, 0) is 12.8 Å². The fraction of sp³-hybridized carbons (Fsp3) is 0.462. The first-order valence-corrected chi connectivity index (χ1v) is 8.65. The van der Waals surface area contributed by atoms with E-state index in [-0.39, 0.29) is 10.8 Å². The zero-order chi connectivity index (χ0) is 16.6. The molecule has 0 saturated carbocycles. The maximum atomic E-state index is 12.8. The third kappa shape index (κ3) is 2.63. The number of hydrogen-bond donors (Lipinski definition) is 2. The predicted octanol–water partition coefficient (Wildman–Crippen LogP) is 0.0286. The van der Waals surface area contributed by atoms with Gasteiger partial charge in [0.1, 0.15) is 4.90 Å². The molecule has 3 heterocycles. The Bertz CT molecular complexity index is 824. The number of nitrogens with zero attached hydrogens (tertiary/aromatic N) is 4. The van der Waals surface area contributed by atoms with Gasteiger partial charge in [0.05, 0.1) is 29.7 Å². The Morgan fingerprint density at radius 3 is 2.87 bits per heavy atom. The molecule has 10 heteroatoms. The molecule has 124 valence electrons. The highest BCUT2D eigenvalue weighted by Crippen LogP contribution is 2.36. The van der Waals surface area contributed by atoms with Gasteiger partial charge >= 0.3 is 0 Å². The van der Waals surface area contributed by atoms with Gasteiger partial charge in [-0.2, -0.15) is 14.5 Å². The molecule has 23 heavy (non-hydrogen) atoms. The molecule has 0 aliphatic carbocycles. The highest BCUT2D eigenvalue weighted by Gasteiger charge is 2.39. The van der Waals surface area contributed by atoms with Gasteiger partial charge in [-0.15, -0.1) is 0 Å². The summed E-state index contributed by atoms with van der Waals surface area (Å²) >= 11 is 0. The third-order valence-corrected chi connectivity index (χ3v) is 5.83. The lowest BCUT2D eigenvalue weighted by atomic mass is 10.1. The molecule has 1 aliphatic rings. The Labute approximate surface area is 133 Å². The van der Waals surface area contributed by atoms with Crippen molar-refractivity contribution in [1.82, 2.24) is 29.6 Å². The van der Waals surface area contributed by atoms with Crippen molar-refractivity contribution in [1.29, 1.82) is 0 Å². The molecule has 2 aromatic rings. The van der Waals surface area contributed by atoms with Gasteiger partial charge in [0, 0.05) is 26.8 Å². The van der Waals surface area contributed by atoms with Gasteiger partial charge in [0.2, 0.25) is 10.0 Å². The molecule has 0 unspecified atom stereocenters. The molecule has 3 rings (SSSR count). The number of aromatic amines is 1. The van der Waals surface area contributed by atoms with Crippen LogP contribution in [-0.4, -0.2) is 52.2 Å². The van der Waals surface area contributed by atoms with Gasteiger partial charge < -0.3 is 5.32 Å². The molecule has 0 spiro atoms. The minimum atomic E-state index is -3.67. The Morgan fingerprint density at radius 2 is 2.22 bits per heavy atom. The van der Waals surface area contributed by atoms with Crippen molar-refractivity contribution in [3.63, 3.8) is 0 Å². The highest BCUT2D eigenvalue weighted by atomic mass is 32.2.